The first-order chi connectivity index (χ1) is 12.0. The van der Waals surface area contributed by atoms with E-state index in [1.165, 1.54) is 12.3 Å². The Morgan fingerprint density at radius 2 is 1.84 bits per heavy atom. The molecule has 1 fully saturated rings. The number of carbonyl (C=O) groups excluding carboxylic acids is 1. The lowest BCUT2D eigenvalue weighted by molar-refractivity contribution is 0.0725. The van der Waals surface area contributed by atoms with Crippen molar-refractivity contribution in [3.63, 3.8) is 0 Å². The Kier molecular flexibility index (Phi) is 5.39. The van der Waals surface area contributed by atoms with E-state index in [9.17, 15) is 13.2 Å². The average molecular weight is 379 g/mol. The number of amides is 1. The summed E-state index contributed by atoms with van der Waals surface area (Å²) in [6, 6.07) is 12.3. The van der Waals surface area contributed by atoms with Crippen LogP contribution in [0.3, 0.4) is 0 Å². The van der Waals surface area contributed by atoms with Gasteiger partial charge in [0, 0.05) is 24.8 Å². The summed E-state index contributed by atoms with van der Waals surface area (Å²) in [5, 5.41) is -0.135. The minimum absolute atomic E-state index is 0.0480. The lowest BCUT2D eigenvalue weighted by atomic mass is 10.1. The molecule has 1 amide bonds. The van der Waals surface area contributed by atoms with Crippen molar-refractivity contribution in [3.8, 4) is 0 Å². The first-order valence-corrected chi connectivity index (χ1v) is 10.2. The van der Waals surface area contributed by atoms with Gasteiger partial charge in [0.1, 0.15) is 5.15 Å². The van der Waals surface area contributed by atoms with Crippen molar-refractivity contribution >= 4 is 27.3 Å². The second kappa shape index (κ2) is 7.54. The van der Waals surface area contributed by atoms with Crippen LogP contribution >= 0.6 is 11.6 Å². The third-order valence-corrected chi connectivity index (χ3v) is 6.85. The fraction of sp³-hybridized carbons (Fsp3) is 0.333. The maximum absolute atomic E-state index is 12.6. The molecule has 0 saturated carbocycles. The number of piperidine rings is 1. The summed E-state index contributed by atoms with van der Waals surface area (Å²) >= 11 is 5.83. The first-order valence-electron chi connectivity index (χ1n) is 8.12. The van der Waals surface area contributed by atoms with Crippen LogP contribution in [0.15, 0.2) is 48.7 Å². The molecule has 7 heteroatoms. The molecular weight excluding hydrogens is 360 g/mol. The van der Waals surface area contributed by atoms with Crippen molar-refractivity contribution in [3.05, 3.63) is 64.9 Å². The summed E-state index contributed by atoms with van der Waals surface area (Å²) in [5.74, 6) is -0.0879. The Balaban J connectivity index is 1.62. The molecule has 1 aliphatic rings. The average Bonchev–Trinajstić information content (AvgIpc) is 2.62. The Bertz CT molecular complexity index is 848. The SMILES string of the molecule is O=C(c1ccnc(Cl)c1)N1CCC(S(=O)(=O)Cc2ccccc2)CC1. The van der Waals surface area contributed by atoms with Gasteiger partial charge in [-0.25, -0.2) is 13.4 Å². The zero-order valence-electron chi connectivity index (χ0n) is 13.6. The van der Waals surface area contributed by atoms with Crippen LogP contribution < -0.4 is 0 Å². The summed E-state index contributed by atoms with van der Waals surface area (Å²) < 4.78 is 25.2. The van der Waals surface area contributed by atoms with Gasteiger partial charge in [0.25, 0.3) is 5.91 Å². The second-order valence-corrected chi connectivity index (χ2v) is 8.82. The number of likely N-dealkylation sites (tertiary alicyclic amines) is 1. The molecule has 1 aromatic heterocycles. The topological polar surface area (TPSA) is 67.3 Å². The third kappa shape index (κ3) is 4.38. The standard InChI is InChI=1S/C18H19ClN2O3S/c19-17-12-15(6-9-20-17)18(22)21-10-7-16(8-11-21)25(23,24)13-14-4-2-1-3-5-14/h1-6,9,12,16H,7-8,10-11,13H2. The highest BCUT2D eigenvalue weighted by Gasteiger charge is 2.31. The molecule has 25 heavy (non-hydrogen) atoms. The van der Waals surface area contributed by atoms with Crippen LogP contribution in [0.4, 0.5) is 0 Å². The van der Waals surface area contributed by atoms with Crippen molar-refractivity contribution < 1.29 is 13.2 Å². The Morgan fingerprint density at radius 3 is 2.48 bits per heavy atom. The molecule has 3 rings (SSSR count). The number of hydrogen-bond donors (Lipinski definition) is 0. The molecule has 1 saturated heterocycles. The van der Waals surface area contributed by atoms with E-state index >= 15 is 0 Å². The van der Waals surface area contributed by atoms with E-state index < -0.39 is 15.1 Å². The van der Waals surface area contributed by atoms with Gasteiger partial charge in [-0.15, -0.1) is 0 Å². The normalized spacial score (nSPS) is 16.0. The molecule has 0 bridgehead atoms. The molecular formula is C18H19ClN2O3S. The van der Waals surface area contributed by atoms with E-state index in [4.69, 9.17) is 11.6 Å². The van der Waals surface area contributed by atoms with Crippen molar-refractivity contribution in [2.75, 3.05) is 13.1 Å². The zero-order valence-corrected chi connectivity index (χ0v) is 15.2. The number of carbonyl (C=O) groups is 1. The van der Waals surface area contributed by atoms with E-state index in [0.29, 0.717) is 31.5 Å². The Hall–Kier alpha value is -1.92. The highest BCUT2D eigenvalue weighted by Crippen LogP contribution is 2.23. The smallest absolute Gasteiger partial charge is 0.254 e. The fourth-order valence-electron chi connectivity index (χ4n) is 3.06. The molecule has 5 nitrogen and oxygen atoms in total. The van der Waals surface area contributed by atoms with Crippen LogP contribution in [-0.4, -0.2) is 42.5 Å². The number of rotatable bonds is 4. The van der Waals surface area contributed by atoms with Crippen LogP contribution in [0, 0.1) is 0 Å². The van der Waals surface area contributed by atoms with E-state index in [2.05, 4.69) is 4.98 Å². The van der Waals surface area contributed by atoms with Crippen LogP contribution in [0.25, 0.3) is 0 Å². The maximum atomic E-state index is 12.6. The molecule has 0 atom stereocenters. The number of aromatic nitrogens is 1. The summed E-state index contributed by atoms with van der Waals surface area (Å²) in [6.07, 6.45) is 2.41. The van der Waals surface area contributed by atoms with Gasteiger partial charge in [-0.3, -0.25) is 4.79 Å². The van der Waals surface area contributed by atoms with Gasteiger partial charge in [0.2, 0.25) is 0 Å². The van der Waals surface area contributed by atoms with Crippen molar-refractivity contribution in [1.29, 1.82) is 0 Å². The highest BCUT2D eigenvalue weighted by molar-refractivity contribution is 7.91. The highest BCUT2D eigenvalue weighted by atomic mass is 35.5. The number of halogens is 1. The molecule has 2 heterocycles. The van der Waals surface area contributed by atoms with Gasteiger partial charge in [0.05, 0.1) is 11.0 Å². The summed E-state index contributed by atoms with van der Waals surface area (Å²) in [6.45, 7) is 0.856. The van der Waals surface area contributed by atoms with Gasteiger partial charge < -0.3 is 4.90 Å². The largest absolute Gasteiger partial charge is 0.339 e. The van der Waals surface area contributed by atoms with Crippen LogP contribution in [0.1, 0.15) is 28.8 Å². The Morgan fingerprint density at radius 1 is 1.16 bits per heavy atom. The summed E-state index contributed by atoms with van der Waals surface area (Å²) in [7, 11) is -3.23. The van der Waals surface area contributed by atoms with Gasteiger partial charge in [-0.1, -0.05) is 41.9 Å². The number of benzene rings is 1. The molecule has 132 valence electrons. The van der Waals surface area contributed by atoms with Gasteiger partial charge in [-0.05, 0) is 30.5 Å². The molecule has 0 unspecified atom stereocenters. The van der Waals surface area contributed by atoms with Crippen LogP contribution in [0.5, 0.6) is 0 Å². The number of pyridine rings is 1. The Labute approximate surface area is 152 Å². The third-order valence-electron chi connectivity index (χ3n) is 4.42. The van der Waals surface area contributed by atoms with Crippen LogP contribution in [0.2, 0.25) is 5.15 Å². The lowest BCUT2D eigenvalue weighted by Crippen LogP contribution is -2.42. The van der Waals surface area contributed by atoms with E-state index in [-0.39, 0.29) is 16.8 Å². The van der Waals surface area contributed by atoms with Crippen molar-refractivity contribution in [2.24, 2.45) is 0 Å². The quantitative estimate of drug-likeness (QED) is 0.767. The molecule has 0 N–H and O–H groups in total. The molecule has 1 aliphatic heterocycles. The predicted molar refractivity (Wildman–Crippen MR) is 97.2 cm³/mol. The number of sulfone groups is 1. The minimum atomic E-state index is -3.23. The number of hydrogen-bond acceptors (Lipinski definition) is 4. The van der Waals surface area contributed by atoms with Crippen molar-refractivity contribution in [1.82, 2.24) is 9.88 Å². The van der Waals surface area contributed by atoms with Crippen LogP contribution in [-0.2, 0) is 15.6 Å². The monoisotopic (exact) mass is 378 g/mol. The molecule has 0 spiro atoms. The number of nitrogens with zero attached hydrogens (tertiary/aromatic N) is 2. The van der Waals surface area contributed by atoms with Crippen molar-refractivity contribution in [2.45, 2.75) is 23.8 Å². The second-order valence-electron chi connectivity index (χ2n) is 6.15. The van der Waals surface area contributed by atoms with Gasteiger partial charge >= 0.3 is 0 Å². The van der Waals surface area contributed by atoms with E-state index in [1.807, 2.05) is 30.3 Å². The zero-order chi connectivity index (χ0) is 17.9. The molecule has 1 aromatic carbocycles. The first kappa shape index (κ1) is 17.9. The van der Waals surface area contributed by atoms with Gasteiger partial charge in [-0.2, -0.15) is 0 Å². The summed E-state index contributed by atoms with van der Waals surface area (Å²) in [4.78, 5) is 18.0. The van der Waals surface area contributed by atoms with Gasteiger partial charge in [0.15, 0.2) is 9.84 Å². The maximum Gasteiger partial charge on any atom is 0.254 e. The van der Waals surface area contributed by atoms with E-state index in [1.54, 1.807) is 11.0 Å². The molecule has 2 aromatic rings. The molecule has 0 aliphatic carbocycles. The minimum Gasteiger partial charge on any atom is -0.339 e. The van der Waals surface area contributed by atoms with E-state index in [0.717, 1.165) is 5.56 Å². The lowest BCUT2D eigenvalue weighted by Gasteiger charge is -2.31. The summed E-state index contributed by atoms with van der Waals surface area (Å²) in [5.41, 5.74) is 1.28. The fourth-order valence-corrected chi connectivity index (χ4v) is 5.06. The predicted octanol–water partition coefficient (Wildman–Crippen LogP) is 2.95. The molecule has 0 radical (unpaired) electrons.